The molecule has 58 heavy (non-hydrogen) atoms. The zero-order valence-corrected chi connectivity index (χ0v) is 38.4. The molecule has 0 aliphatic rings. The Morgan fingerprint density at radius 2 is 1.05 bits per heavy atom. The van der Waals surface area contributed by atoms with Gasteiger partial charge in [0.25, 0.3) is 0 Å². The second-order valence-electron chi connectivity index (χ2n) is 16.0. The van der Waals surface area contributed by atoms with Crippen LogP contribution in [0.5, 0.6) is 0 Å². The minimum atomic E-state index is -4.35. The smallest absolute Gasteiger partial charge is 0.387 e. The molecule has 1 amide bonds. The van der Waals surface area contributed by atoms with Gasteiger partial charge in [-0.15, -0.1) is 0 Å². The molecule has 332 valence electrons. The average Bonchev–Trinajstić information content (AvgIpc) is 3.17. The van der Waals surface area contributed by atoms with Crippen LogP contribution in [0.3, 0.4) is 0 Å². The van der Waals surface area contributed by atoms with E-state index in [2.05, 4.69) is 104 Å². The maximum atomic E-state index is 12.9. The van der Waals surface area contributed by atoms with E-state index < -0.39 is 20.0 Å². The zero-order valence-electron chi connectivity index (χ0n) is 37.5. The molecular weight excluding hydrogens is 744 g/mol. The summed E-state index contributed by atoms with van der Waals surface area (Å²) in [5.41, 5.74) is 0. The second kappa shape index (κ2) is 39.9. The maximum absolute atomic E-state index is 12.9. The SMILES string of the molecule is CC/C=C\C/C=C\C/C=C\C/C=C\C/C=C\C/C=C\CCCCCCCCC(=O)NC(COP(=O)(O)OCC[N+](C)(C)C)C(O)/C=C/CC/C=C/CCCCCCC. The van der Waals surface area contributed by atoms with Gasteiger partial charge in [-0.25, -0.2) is 4.57 Å². The van der Waals surface area contributed by atoms with Gasteiger partial charge < -0.3 is 19.8 Å². The number of carbonyl (C=O) groups is 1. The van der Waals surface area contributed by atoms with Gasteiger partial charge in [0.2, 0.25) is 5.91 Å². The Hall–Kier alpha value is -2.58. The number of phosphoric ester groups is 1. The summed E-state index contributed by atoms with van der Waals surface area (Å²) in [5, 5.41) is 13.8. The van der Waals surface area contributed by atoms with Crippen molar-refractivity contribution in [3.8, 4) is 0 Å². The van der Waals surface area contributed by atoms with Gasteiger partial charge in [-0.1, -0.05) is 162 Å². The van der Waals surface area contributed by atoms with E-state index in [1.165, 1.54) is 44.9 Å². The molecule has 0 rings (SSSR count). The van der Waals surface area contributed by atoms with Crippen molar-refractivity contribution in [1.82, 2.24) is 5.32 Å². The highest BCUT2D eigenvalue weighted by atomic mass is 31.2. The highest BCUT2D eigenvalue weighted by Crippen LogP contribution is 2.43. The standard InChI is InChI=1S/C49H85N2O6P/c1-6-8-10-12-14-16-18-19-20-21-22-23-24-25-26-27-28-29-30-31-33-35-37-39-41-43-49(53)50-47(46-57-58(54,55)56-45-44-51(3,4)5)48(52)42-40-38-36-34-32-17-15-13-11-9-7-2/h8,10,14,16,19-20,22-23,25-26,28-29,32,34,40,42,47-48,52H,6-7,9,11-13,15,17-18,21,24,27,30-31,33,35-39,41,43-46H2,1-5H3,(H-,50,53,54,55)/p+1/b10-8-,16-14-,20-19-,23-22-,26-25-,29-28-,34-32+,42-40+. The molecule has 0 aliphatic carbocycles. The molecule has 0 radical (unpaired) electrons. The topological polar surface area (TPSA) is 105 Å². The number of quaternary nitrogens is 1. The Bertz CT molecular complexity index is 1260. The van der Waals surface area contributed by atoms with Crippen LogP contribution in [0, 0.1) is 0 Å². The summed E-state index contributed by atoms with van der Waals surface area (Å²) in [6.45, 7) is 4.61. The number of nitrogens with zero attached hydrogens (tertiary/aromatic N) is 1. The molecule has 3 unspecified atom stereocenters. The molecule has 0 spiro atoms. The van der Waals surface area contributed by atoms with E-state index in [9.17, 15) is 19.4 Å². The number of amides is 1. The van der Waals surface area contributed by atoms with Crippen molar-refractivity contribution in [3.63, 3.8) is 0 Å². The maximum Gasteiger partial charge on any atom is 0.472 e. The van der Waals surface area contributed by atoms with Crippen LogP contribution in [0.15, 0.2) is 97.2 Å². The van der Waals surface area contributed by atoms with Gasteiger partial charge in [0, 0.05) is 6.42 Å². The van der Waals surface area contributed by atoms with Gasteiger partial charge >= 0.3 is 7.82 Å². The van der Waals surface area contributed by atoms with Crippen LogP contribution in [0.25, 0.3) is 0 Å². The Labute approximate surface area is 356 Å². The lowest BCUT2D eigenvalue weighted by Crippen LogP contribution is -2.45. The van der Waals surface area contributed by atoms with Gasteiger partial charge in [-0.05, 0) is 83.5 Å². The summed E-state index contributed by atoms with van der Waals surface area (Å²) in [5.74, 6) is -0.209. The Kier molecular flexibility index (Phi) is 38.1. The van der Waals surface area contributed by atoms with E-state index in [0.717, 1.165) is 89.9 Å². The fraction of sp³-hybridized carbons (Fsp3) is 0.653. The first-order valence-corrected chi connectivity index (χ1v) is 24.1. The van der Waals surface area contributed by atoms with Crippen molar-refractivity contribution >= 4 is 13.7 Å². The predicted molar refractivity (Wildman–Crippen MR) is 249 cm³/mol. The van der Waals surface area contributed by atoms with Gasteiger partial charge in [0.1, 0.15) is 13.2 Å². The zero-order chi connectivity index (χ0) is 42.8. The Morgan fingerprint density at radius 3 is 1.59 bits per heavy atom. The Balaban J connectivity index is 4.38. The minimum Gasteiger partial charge on any atom is -0.387 e. The van der Waals surface area contributed by atoms with E-state index >= 15 is 0 Å². The van der Waals surface area contributed by atoms with Crippen LogP contribution in [-0.2, 0) is 18.4 Å². The number of allylic oxidation sites excluding steroid dienone is 15. The van der Waals surface area contributed by atoms with Gasteiger partial charge in [0.05, 0.1) is 39.9 Å². The van der Waals surface area contributed by atoms with Crippen molar-refractivity contribution in [1.29, 1.82) is 0 Å². The van der Waals surface area contributed by atoms with Gasteiger partial charge in [-0.2, -0.15) is 0 Å². The summed E-state index contributed by atoms with van der Waals surface area (Å²) in [7, 11) is 1.52. The van der Waals surface area contributed by atoms with Crippen molar-refractivity contribution in [2.75, 3.05) is 40.9 Å². The molecule has 0 aromatic heterocycles. The predicted octanol–water partition coefficient (Wildman–Crippen LogP) is 12.7. The van der Waals surface area contributed by atoms with Gasteiger partial charge in [-0.3, -0.25) is 13.8 Å². The lowest BCUT2D eigenvalue weighted by Gasteiger charge is -2.25. The number of aliphatic hydroxyl groups excluding tert-OH is 1. The first-order valence-electron chi connectivity index (χ1n) is 22.6. The molecule has 0 bridgehead atoms. The van der Waals surface area contributed by atoms with Gasteiger partial charge in [0.15, 0.2) is 0 Å². The second-order valence-corrected chi connectivity index (χ2v) is 17.5. The number of carbonyl (C=O) groups excluding carboxylic acids is 1. The number of aliphatic hydroxyl groups is 1. The fourth-order valence-electron chi connectivity index (χ4n) is 5.70. The molecule has 3 N–H and O–H groups in total. The van der Waals surface area contributed by atoms with E-state index in [1.54, 1.807) is 6.08 Å². The lowest BCUT2D eigenvalue weighted by molar-refractivity contribution is -0.870. The molecule has 0 saturated carbocycles. The normalized spacial score (nSPS) is 15.2. The molecule has 3 atom stereocenters. The van der Waals surface area contributed by atoms with E-state index in [0.29, 0.717) is 17.4 Å². The van der Waals surface area contributed by atoms with Crippen LogP contribution in [0.1, 0.15) is 155 Å². The number of likely N-dealkylation sites (N-methyl/N-ethyl adjacent to an activating group) is 1. The van der Waals surface area contributed by atoms with Crippen LogP contribution in [0.4, 0.5) is 0 Å². The summed E-state index contributed by atoms with van der Waals surface area (Å²) >= 11 is 0. The van der Waals surface area contributed by atoms with Crippen molar-refractivity contribution in [2.45, 2.75) is 167 Å². The summed E-state index contributed by atoms with van der Waals surface area (Å²) in [4.78, 5) is 23.1. The molecule has 0 fully saturated rings. The average molecular weight is 830 g/mol. The fourth-order valence-corrected chi connectivity index (χ4v) is 6.44. The number of phosphoric acid groups is 1. The van der Waals surface area contributed by atoms with E-state index in [1.807, 2.05) is 27.2 Å². The van der Waals surface area contributed by atoms with Crippen LogP contribution in [-0.4, -0.2) is 73.4 Å². The molecular formula is C49H86N2O6P+. The summed E-state index contributed by atoms with van der Waals surface area (Å²) in [6, 6.07) is -0.876. The highest BCUT2D eigenvalue weighted by Gasteiger charge is 2.27. The van der Waals surface area contributed by atoms with Crippen LogP contribution >= 0.6 is 7.82 Å². The van der Waals surface area contributed by atoms with Crippen LogP contribution in [0.2, 0.25) is 0 Å². The number of hydrogen-bond donors (Lipinski definition) is 3. The third kappa shape index (κ3) is 41.6. The largest absolute Gasteiger partial charge is 0.472 e. The van der Waals surface area contributed by atoms with Crippen molar-refractivity contribution in [3.05, 3.63) is 97.2 Å². The third-order valence-corrected chi connectivity index (χ3v) is 10.3. The van der Waals surface area contributed by atoms with Crippen molar-refractivity contribution < 1.29 is 32.9 Å². The number of nitrogens with one attached hydrogen (secondary N) is 1. The van der Waals surface area contributed by atoms with E-state index in [4.69, 9.17) is 9.05 Å². The molecule has 9 heteroatoms. The minimum absolute atomic E-state index is 0.0471. The number of rotatable bonds is 39. The quantitative estimate of drug-likeness (QED) is 0.0247. The first-order chi connectivity index (χ1) is 28.0. The number of hydrogen-bond acceptors (Lipinski definition) is 5. The molecule has 0 saturated heterocycles. The van der Waals surface area contributed by atoms with E-state index in [-0.39, 0.29) is 19.1 Å². The molecule has 8 nitrogen and oxygen atoms in total. The van der Waals surface area contributed by atoms with Crippen LogP contribution < -0.4 is 5.32 Å². The summed E-state index contributed by atoms with van der Waals surface area (Å²) in [6.07, 6.45) is 56.3. The number of unbranched alkanes of at least 4 members (excludes halogenated alkanes) is 12. The molecule has 0 aliphatic heterocycles. The highest BCUT2D eigenvalue weighted by molar-refractivity contribution is 7.47. The molecule has 0 aromatic rings. The first kappa shape index (κ1) is 55.4. The lowest BCUT2D eigenvalue weighted by atomic mass is 10.1. The monoisotopic (exact) mass is 830 g/mol. The van der Waals surface area contributed by atoms with Crippen molar-refractivity contribution in [2.24, 2.45) is 0 Å². The Morgan fingerprint density at radius 1 is 0.603 bits per heavy atom. The molecule has 0 heterocycles. The molecule has 0 aromatic carbocycles. The summed E-state index contributed by atoms with van der Waals surface area (Å²) < 4.78 is 23.5. The third-order valence-electron chi connectivity index (χ3n) is 9.29.